The summed E-state index contributed by atoms with van der Waals surface area (Å²) in [6.07, 6.45) is 0. The van der Waals surface area contributed by atoms with E-state index in [4.69, 9.17) is 9.56 Å². The Morgan fingerprint density at radius 2 is 0.818 bits per heavy atom. The molecule has 0 heterocycles. The Hall–Kier alpha value is -2.04. The quantitative estimate of drug-likeness (QED) is 0.655. The van der Waals surface area contributed by atoms with Crippen LogP contribution in [0.1, 0.15) is 0 Å². The van der Waals surface area contributed by atoms with Crippen molar-refractivity contribution < 1.29 is 0 Å². The van der Waals surface area contributed by atoms with E-state index in [9.17, 15) is 0 Å². The van der Waals surface area contributed by atoms with Gasteiger partial charge in [-0.05, 0) is 63.8 Å². The summed E-state index contributed by atoms with van der Waals surface area (Å²) >= 11 is 0. The second-order valence-corrected chi connectivity index (χ2v) is 7.82. The van der Waals surface area contributed by atoms with Gasteiger partial charge in [0.05, 0.1) is 0 Å². The van der Waals surface area contributed by atoms with Crippen LogP contribution in [0.5, 0.6) is 0 Å². The molecular weight excluding hydrogens is 308 g/mol. The molecule has 4 heteroatoms. The first kappa shape index (κ1) is 14.9. The average Bonchev–Trinajstić information content (AvgIpc) is 2.62. The van der Waals surface area contributed by atoms with Crippen molar-refractivity contribution in [3.8, 4) is 0 Å². The number of rotatable bonds is 4. The molecule has 2 atom stereocenters. The third-order valence-corrected chi connectivity index (χ3v) is 6.17. The Bertz CT molecular complexity index is 748. The van der Waals surface area contributed by atoms with E-state index in [-0.39, 0.29) is 0 Å². The normalized spacial score (nSPS) is 13.5. The lowest BCUT2D eigenvalue weighted by Gasteiger charge is -2.10. The van der Waals surface area contributed by atoms with E-state index in [2.05, 4.69) is 0 Å². The maximum Gasteiger partial charge on any atom is 0.0240 e. The van der Waals surface area contributed by atoms with Crippen LogP contribution in [0.25, 0.3) is 0 Å². The van der Waals surface area contributed by atoms with Gasteiger partial charge in [-0.1, -0.05) is 42.5 Å². The standard InChI is InChI=1S/C18H16N2S2/c19-21(15-8-3-1-4-9-15)17-12-7-13-18(14-17)22(20)16-10-5-2-6-11-16/h1-14,19-20H. The van der Waals surface area contributed by atoms with Crippen LogP contribution in [0.3, 0.4) is 0 Å². The zero-order valence-corrected chi connectivity index (χ0v) is 13.5. The van der Waals surface area contributed by atoms with Gasteiger partial charge in [-0.15, -0.1) is 0 Å². The van der Waals surface area contributed by atoms with Gasteiger partial charge in [0.1, 0.15) is 0 Å². The molecule has 2 unspecified atom stereocenters. The summed E-state index contributed by atoms with van der Waals surface area (Å²) in [5.74, 6) is 0. The van der Waals surface area contributed by atoms with Crippen LogP contribution in [0, 0.1) is 9.56 Å². The lowest BCUT2D eigenvalue weighted by atomic mass is 10.4. The summed E-state index contributed by atoms with van der Waals surface area (Å²) in [5.41, 5.74) is 0. The molecule has 0 spiro atoms. The van der Waals surface area contributed by atoms with Crippen LogP contribution in [-0.2, 0) is 21.4 Å². The number of hydrogen-bond donors (Lipinski definition) is 2. The van der Waals surface area contributed by atoms with Crippen molar-refractivity contribution in [1.82, 2.24) is 0 Å². The molecule has 0 saturated heterocycles. The van der Waals surface area contributed by atoms with Gasteiger partial charge in [0, 0.05) is 19.6 Å². The highest BCUT2D eigenvalue weighted by Crippen LogP contribution is 2.22. The van der Waals surface area contributed by atoms with E-state index < -0.39 is 21.4 Å². The lowest BCUT2D eigenvalue weighted by molar-refractivity contribution is 1.27. The van der Waals surface area contributed by atoms with E-state index in [0.717, 1.165) is 19.6 Å². The molecule has 0 aliphatic carbocycles. The minimum atomic E-state index is -0.709. The number of hydrogen-bond acceptors (Lipinski definition) is 2. The van der Waals surface area contributed by atoms with Gasteiger partial charge in [-0.2, -0.15) is 0 Å². The third-order valence-electron chi connectivity index (χ3n) is 3.23. The molecule has 2 nitrogen and oxygen atoms in total. The maximum absolute atomic E-state index is 8.47. The number of nitrogens with one attached hydrogen (secondary N) is 2. The summed E-state index contributed by atoms with van der Waals surface area (Å²) in [6, 6.07) is 27.7. The molecule has 0 saturated carbocycles. The summed E-state index contributed by atoms with van der Waals surface area (Å²) < 4.78 is 16.9. The topological polar surface area (TPSA) is 47.7 Å². The van der Waals surface area contributed by atoms with Crippen LogP contribution < -0.4 is 0 Å². The lowest BCUT2D eigenvalue weighted by Crippen LogP contribution is -1.95. The fourth-order valence-electron chi connectivity index (χ4n) is 2.11. The molecule has 0 aliphatic heterocycles. The fourth-order valence-corrected chi connectivity index (χ4v) is 4.51. The highest BCUT2D eigenvalue weighted by atomic mass is 32.2. The number of benzene rings is 3. The molecule has 0 radical (unpaired) electrons. The van der Waals surface area contributed by atoms with Crippen LogP contribution in [0.4, 0.5) is 0 Å². The van der Waals surface area contributed by atoms with Crippen molar-refractivity contribution >= 4 is 21.4 Å². The summed E-state index contributed by atoms with van der Waals surface area (Å²) in [5, 5.41) is 0. The highest BCUT2D eigenvalue weighted by Gasteiger charge is 2.07. The molecule has 0 amide bonds. The monoisotopic (exact) mass is 324 g/mol. The Morgan fingerprint density at radius 1 is 0.455 bits per heavy atom. The molecule has 0 bridgehead atoms. The van der Waals surface area contributed by atoms with Gasteiger partial charge in [0.15, 0.2) is 0 Å². The van der Waals surface area contributed by atoms with Gasteiger partial charge in [0.25, 0.3) is 0 Å². The molecule has 0 fully saturated rings. The summed E-state index contributed by atoms with van der Waals surface area (Å²) in [4.78, 5) is 3.93. The Morgan fingerprint density at radius 3 is 1.23 bits per heavy atom. The van der Waals surface area contributed by atoms with Crippen molar-refractivity contribution in [1.29, 1.82) is 9.56 Å². The zero-order valence-electron chi connectivity index (χ0n) is 11.9. The van der Waals surface area contributed by atoms with Crippen LogP contribution in [-0.4, -0.2) is 0 Å². The Balaban J connectivity index is 1.94. The van der Waals surface area contributed by atoms with Crippen molar-refractivity contribution in [3.63, 3.8) is 0 Å². The van der Waals surface area contributed by atoms with Crippen LogP contribution in [0.15, 0.2) is 105 Å². The second-order valence-electron chi connectivity index (χ2n) is 4.71. The zero-order chi connectivity index (χ0) is 15.4. The summed E-state index contributed by atoms with van der Waals surface area (Å²) in [7, 11) is -1.42. The summed E-state index contributed by atoms with van der Waals surface area (Å²) in [6.45, 7) is 0. The van der Waals surface area contributed by atoms with Crippen LogP contribution in [0.2, 0.25) is 0 Å². The second kappa shape index (κ2) is 6.81. The minimum absolute atomic E-state index is 0.709. The van der Waals surface area contributed by atoms with Gasteiger partial charge in [0.2, 0.25) is 0 Å². The van der Waals surface area contributed by atoms with E-state index >= 15 is 0 Å². The maximum atomic E-state index is 8.47. The first-order valence-electron chi connectivity index (χ1n) is 6.87. The molecule has 22 heavy (non-hydrogen) atoms. The van der Waals surface area contributed by atoms with Crippen molar-refractivity contribution in [2.45, 2.75) is 19.6 Å². The van der Waals surface area contributed by atoms with E-state index in [1.54, 1.807) is 0 Å². The van der Waals surface area contributed by atoms with Crippen molar-refractivity contribution in [3.05, 3.63) is 84.9 Å². The molecule has 110 valence electrons. The highest BCUT2D eigenvalue weighted by molar-refractivity contribution is 7.87. The Labute approximate surface area is 135 Å². The first-order valence-corrected chi connectivity index (χ1v) is 9.32. The molecule has 0 aromatic heterocycles. The fraction of sp³-hybridized carbons (Fsp3) is 0. The third kappa shape index (κ3) is 3.24. The molecular formula is C18H16N2S2. The smallest absolute Gasteiger partial charge is 0.0240 e. The Kier molecular flexibility index (Phi) is 4.61. The van der Waals surface area contributed by atoms with Gasteiger partial charge >= 0.3 is 0 Å². The molecule has 3 rings (SSSR count). The predicted octanol–water partition coefficient (Wildman–Crippen LogP) is 5.28. The molecule has 0 aliphatic rings. The largest absolute Gasteiger partial charge is 0.271 e. The van der Waals surface area contributed by atoms with Gasteiger partial charge in [-0.25, -0.2) is 0 Å². The van der Waals surface area contributed by atoms with Crippen LogP contribution >= 0.6 is 0 Å². The van der Waals surface area contributed by atoms with E-state index in [1.165, 1.54) is 0 Å². The first-order chi connectivity index (χ1) is 10.8. The minimum Gasteiger partial charge on any atom is -0.271 e. The van der Waals surface area contributed by atoms with Crippen molar-refractivity contribution in [2.24, 2.45) is 0 Å². The van der Waals surface area contributed by atoms with E-state index in [0.29, 0.717) is 0 Å². The van der Waals surface area contributed by atoms with Gasteiger partial charge in [-0.3, -0.25) is 9.56 Å². The average molecular weight is 324 g/mol. The molecule has 3 aromatic rings. The van der Waals surface area contributed by atoms with Gasteiger partial charge < -0.3 is 0 Å². The SMILES string of the molecule is N=S(c1ccccc1)c1cccc(S(=N)c2ccccc2)c1. The predicted molar refractivity (Wildman–Crippen MR) is 92.6 cm³/mol. The molecule has 3 aromatic carbocycles. The van der Waals surface area contributed by atoms with Crippen molar-refractivity contribution in [2.75, 3.05) is 0 Å². The molecule has 2 N–H and O–H groups in total. The van der Waals surface area contributed by atoms with E-state index in [1.807, 2.05) is 84.9 Å².